The smallest absolute Gasteiger partial charge is 0.462 e. The Bertz CT molecular complexity index is 1090. The highest BCUT2D eigenvalue weighted by atomic mass is 31.2. The molecule has 9 nitrogen and oxygen atoms in total. The molecular weight excluding hydrogens is 653 g/mol. The molecule has 0 amide bonds. The highest BCUT2D eigenvalue weighted by Gasteiger charge is 2.25. The first kappa shape index (κ1) is 47.2. The van der Waals surface area contributed by atoms with Gasteiger partial charge in [0.1, 0.15) is 6.61 Å². The maximum absolute atomic E-state index is 12.5. The lowest BCUT2D eigenvalue weighted by Crippen LogP contribution is -2.29. The number of hydrogen-bond donors (Lipinski definition) is 2. The summed E-state index contributed by atoms with van der Waals surface area (Å²) in [5.41, 5.74) is 5.32. The van der Waals surface area contributed by atoms with E-state index in [9.17, 15) is 19.0 Å². The second-order valence-electron chi connectivity index (χ2n) is 11.7. The summed E-state index contributed by atoms with van der Waals surface area (Å²) in [6, 6.07) is 0. The number of ether oxygens (including phenoxy) is 2. The van der Waals surface area contributed by atoms with Gasteiger partial charge in [-0.15, -0.1) is 0 Å². The summed E-state index contributed by atoms with van der Waals surface area (Å²) in [5, 5.41) is 0. The highest BCUT2D eigenvalue weighted by Crippen LogP contribution is 2.43. The Morgan fingerprint density at radius 2 is 1.10 bits per heavy atom. The fourth-order valence-electron chi connectivity index (χ4n) is 4.32. The van der Waals surface area contributed by atoms with Crippen molar-refractivity contribution in [3.05, 3.63) is 85.1 Å². The minimum absolute atomic E-state index is 0.0320. The molecule has 0 heterocycles. The van der Waals surface area contributed by atoms with Crippen molar-refractivity contribution in [2.24, 2.45) is 5.73 Å². The average molecular weight is 720 g/mol. The van der Waals surface area contributed by atoms with Crippen LogP contribution in [0.2, 0.25) is 0 Å². The first-order valence-electron chi connectivity index (χ1n) is 18.6. The van der Waals surface area contributed by atoms with E-state index >= 15 is 0 Å². The van der Waals surface area contributed by atoms with Crippen LogP contribution in [-0.4, -0.2) is 49.3 Å². The molecule has 3 N–H and O–H groups in total. The van der Waals surface area contributed by atoms with E-state index in [1.54, 1.807) is 0 Å². The van der Waals surface area contributed by atoms with E-state index < -0.39 is 32.5 Å². The van der Waals surface area contributed by atoms with E-state index in [1.807, 2.05) is 24.3 Å². The summed E-state index contributed by atoms with van der Waals surface area (Å²) in [6.45, 7) is 3.41. The van der Waals surface area contributed by atoms with Crippen LogP contribution in [0, 0.1) is 0 Å². The van der Waals surface area contributed by atoms with Crippen LogP contribution >= 0.6 is 7.82 Å². The van der Waals surface area contributed by atoms with Crippen molar-refractivity contribution in [1.29, 1.82) is 0 Å². The molecule has 50 heavy (non-hydrogen) atoms. The van der Waals surface area contributed by atoms with Crippen LogP contribution in [0.5, 0.6) is 0 Å². The molecule has 0 aliphatic carbocycles. The van der Waals surface area contributed by atoms with Crippen molar-refractivity contribution < 1.29 is 37.6 Å². The van der Waals surface area contributed by atoms with Gasteiger partial charge in [-0.2, -0.15) is 0 Å². The van der Waals surface area contributed by atoms with Crippen molar-refractivity contribution in [3.8, 4) is 0 Å². The van der Waals surface area contributed by atoms with E-state index in [0.29, 0.717) is 12.8 Å². The molecule has 0 aromatic heterocycles. The number of carbonyl (C=O) groups is 2. The number of esters is 2. The molecule has 284 valence electrons. The maximum Gasteiger partial charge on any atom is 0.472 e. The summed E-state index contributed by atoms with van der Waals surface area (Å²) < 4.78 is 32.4. The molecule has 10 heteroatoms. The topological polar surface area (TPSA) is 134 Å². The second kappa shape index (κ2) is 36.0. The van der Waals surface area contributed by atoms with Crippen molar-refractivity contribution in [2.45, 2.75) is 129 Å². The van der Waals surface area contributed by atoms with Gasteiger partial charge in [0.2, 0.25) is 0 Å². The minimum atomic E-state index is -4.40. The summed E-state index contributed by atoms with van der Waals surface area (Å²) in [7, 11) is -4.40. The van der Waals surface area contributed by atoms with Crippen LogP contribution < -0.4 is 5.73 Å². The summed E-state index contributed by atoms with van der Waals surface area (Å²) in [4.78, 5) is 34.6. The fraction of sp³-hybridized carbons (Fsp3) is 0.600. The summed E-state index contributed by atoms with van der Waals surface area (Å²) in [5.74, 6) is -1.02. The number of unbranched alkanes of at least 4 members (excludes halogenated alkanes) is 6. The molecular formula is C40H66NO8P. The fourth-order valence-corrected chi connectivity index (χ4v) is 5.09. The number of phosphoric ester groups is 1. The molecule has 2 unspecified atom stereocenters. The molecule has 0 aliphatic rings. The van der Waals surface area contributed by atoms with E-state index in [2.05, 4.69) is 74.6 Å². The Labute approximate surface area is 303 Å². The van der Waals surface area contributed by atoms with E-state index in [1.165, 1.54) is 38.5 Å². The zero-order chi connectivity index (χ0) is 36.8. The molecule has 0 saturated heterocycles. The van der Waals surface area contributed by atoms with Gasteiger partial charge in [-0.05, 0) is 64.2 Å². The van der Waals surface area contributed by atoms with Gasteiger partial charge in [0.05, 0.1) is 13.2 Å². The standard InChI is InChI=1S/C40H66NO8P/c1-3-5-7-9-11-13-15-17-18-19-21-22-24-26-28-30-32-39(42)46-36-38(37-48-50(44,45)47-35-34-41)49-40(43)33-31-29-27-25-23-20-16-14-12-10-8-6-4-2/h5,7,11,13,17-18,20-23,26-29,38H,3-4,6,8-10,12,14-16,19,24-25,30-37,41H2,1-2H3,(H,44,45)/b7-5+,13-11+,18-17+,22-21+,23-20+,28-26+,29-27+. The number of nitrogens with two attached hydrogens (primary N) is 1. The molecule has 0 spiro atoms. The quantitative estimate of drug-likeness (QED) is 0.0294. The van der Waals surface area contributed by atoms with Crippen molar-refractivity contribution in [3.63, 3.8) is 0 Å². The Hall–Kier alpha value is -2.81. The van der Waals surface area contributed by atoms with Gasteiger partial charge in [-0.3, -0.25) is 18.6 Å². The van der Waals surface area contributed by atoms with Crippen LogP contribution in [0.4, 0.5) is 0 Å². The van der Waals surface area contributed by atoms with E-state index in [-0.39, 0.29) is 32.6 Å². The van der Waals surface area contributed by atoms with Crippen molar-refractivity contribution in [1.82, 2.24) is 0 Å². The monoisotopic (exact) mass is 719 g/mol. The second-order valence-corrected chi connectivity index (χ2v) is 13.2. The normalized spacial score (nSPS) is 14.4. The largest absolute Gasteiger partial charge is 0.472 e. The van der Waals surface area contributed by atoms with Crippen LogP contribution in [0.1, 0.15) is 123 Å². The molecule has 0 aliphatic heterocycles. The lowest BCUT2D eigenvalue weighted by molar-refractivity contribution is -0.161. The van der Waals surface area contributed by atoms with Gasteiger partial charge in [0.25, 0.3) is 0 Å². The van der Waals surface area contributed by atoms with Gasteiger partial charge in [-0.25, -0.2) is 4.57 Å². The third-order valence-corrected chi connectivity index (χ3v) is 8.03. The molecule has 0 saturated carbocycles. The van der Waals surface area contributed by atoms with Crippen LogP contribution in [-0.2, 0) is 32.7 Å². The maximum atomic E-state index is 12.5. The number of allylic oxidation sites excluding steroid dienone is 14. The van der Waals surface area contributed by atoms with Gasteiger partial charge >= 0.3 is 19.8 Å². The molecule has 2 atom stereocenters. The molecule has 0 aromatic carbocycles. The molecule has 0 rings (SSSR count). The molecule has 0 aromatic rings. The predicted molar refractivity (Wildman–Crippen MR) is 205 cm³/mol. The average Bonchev–Trinajstić information content (AvgIpc) is 3.10. The first-order valence-corrected chi connectivity index (χ1v) is 20.1. The number of carbonyl (C=O) groups excluding carboxylic acids is 2. The zero-order valence-corrected chi connectivity index (χ0v) is 31.7. The van der Waals surface area contributed by atoms with Gasteiger partial charge in [0, 0.05) is 19.4 Å². The lowest BCUT2D eigenvalue weighted by Gasteiger charge is -2.19. The number of phosphoric acid groups is 1. The number of hydrogen-bond acceptors (Lipinski definition) is 8. The summed E-state index contributed by atoms with van der Waals surface area (Å²) in [6.07, 6.45) is 43.6. The molecule has 0 bridgehead atoms. The third kappa shape index (κ3) is 35.0. The SMILES string of the molecule is CC/C=C/C/C=C/C/C=C/C/C=C/C/C=C/CCC(=O)OCC(COP(=O)(O)OCCN)OC(=O)CC/C=C/C/C=C/CCCCCCCC. The predicted octanol–water partition coefficient (Wildman–Crippen LogP) is 10.1. The van der Waals surface area contributed by atoms with E-state index in [0.717, 1.165) is 44.9 Å². The van der Waals surface area contributed by atoms with Gasteiger partial charge in [-0.1, -0.05) is 131 Å². The van der Waals surface area contributed by atoms with Crippen molar-refractivity contribution in [2.75, 3.05) is 26.4 Å². The first-order chi connectivity index (χ1) is 24.3. The number of rotatable bonds is 33. The molecule has 0 radical (unpaired) electrons. The third-order valence-electron chi connectivity index (χ3n) is 7.04. The van der Waals surface area contributed by atoms with Gasteiger partial charge < -0.3 is 20.1 Å². The lowest BCUT2D eigenvalue weighted by atomic mass is 10.1. The Balaban J connectivity index is 4.46. The highest BCUT2D eigenvalue weighted by molar-refractivity contribution is 7.47. The Morgan fingerprint density at radius 3 is 1.64 bits per heavy atom. The van der Waals surface area contributed by atoms with Crippen LogP contribution in [0.3, 0.4) is 0 Å². The van der Waals surface area contributed by atoms with Gasteiger partial charge in [0.15, 0.2) is 6.10 Å². The van der Waals surface area contributed by atoms with E-state index in [4.69, 9.17) is 24.3 Å². The van der Waals surface area contributed by atoms with Crippen LogP contribution in [0.15, 0.2) is 85.1 Å². The van der Waals surface area contributed by atoms with Crippen LogP contribution in [0.25, 0.3) is 0 Å². The zero-order valence-electron chi connectivity index (χ0n) is 30.8. The van der Waals surface area contributed by atoms with Crippen molar-refractivity contribution >= 4 is 19.8 Å². The minimum Gasteiger partial charge on any atom is -0.462 e. The Kier molecular flexibility index (Phi) is 34.0. The summed E-state index contributed by atoms with van der Waals surface area (Å²) >= 11 is 0. The Morgan fingerprint density at radius 1 is 0.620 bits per heavy atom. The molecule has 0 fully saturated rings.